The topological polar surface area (TPSA) is 24.8 Å². The first-order chi connectivity index (χ1) is 3.43. The molecule has 7 heavy (non-hydrogen) atoms. The fraction of sp³-hybridized carbons (Fsp3) is 0.750. The predicted molar refractivity (Wildman–Crippen MR) is 26.8 cm³/mol. The minimum atomic E-state index is 0.622. The standard InChI is InChI=1S/C4H8N2O/c1-2-6-4-7-3-5-6/h3H,2,4H2,1H3. The molecule has 1 heterocycles. The molecule has 0 saturated carbocycles. The van der Waals surface area contributed by atoms with Gasteiger partial charge in [0.25, 0.3) is 0 Å². The lowest BCUT2D eigenvalue weighted by Crippen LogP contribution is -2.12. The predicted octanol–water partition coefficient (Wildman–Crippen LogP) is 0.239. The van der Waals surface area contributed by atoms with Crippen LogP contribution in [0.15, 0.2) is 5.10 Å². The first kappa shape index (κ1) is 4.43. The maximum Gasteiger partial charge on any atom is 0.195 e. The summed E-state index contributed by atoms with van der Waals surface area (Å²) in [6.45, 7) is 3.58. The van der Waals surface area contributed by atoms with Crippen molar-refractivity contribution in [3.05, 3.63) is 0 Å². The van der Waals surface area contributed by atoms with Crippen molar-refractivity contribution in [1.82, 2.24) is 5.01 Å². The van der Waals surface area contributed by atoms with E-state index in [9.17, 15) is 0 Å². The molecule has 1 aliphatic rings. The largest absolute Gasteiger partial charge is 0.460 e. The Morgan fingerprint density at radius 3 is 3.14 bits per heavy atom. The second-order valence-corrected chi connectivity index (χ2v) is 1.34. The smallest absolute Gasteiger partial charge is 0.195 e. The van der Waals surface area contributed by atoms with E-state index < -0.39 is 0 Å². The number of nitrogens with zero attached hydrogens (tertiary/aromatic N) is 2. The van der Waals surface area contributed by atoms with Crippen LogP contribution in [0.1, 0.15) is 6.92 Å². The highest BCUT2D eigenvalue weighted by Crippen LogP contribution is 1.93. The molecule has 0 atom stereocenters. The fourth-order valence-electron chi connectivity index (χ4n) is 0.426. The molecular formula is C4H8N2O. The van der Waals surface area contributed by atoms with Gasteiger partial charge in [0, 0.05) is 6.54 Å². The zero-order valence-electron chi connectivity index (χ0n) is 4.29. The first-order valence-electron chi connectivity index (χ1n) is 2.32. The molecule has 0 N–H and O–H groups in total. The van der Waals surface area contributed by atoms with Gasteiger partial charge in [0.1, 0.15) is 0 Å². The molecule has 0 aliphatic carbocycles. The Morgan fingerprint density at radius 1 is 2.00 bits per heavy atom. The number of hydrazone groups is 1. The zero-order valence-corrected chi connectivity index (χ0v) is 4.29. The molecule has 1 aliphatic heterocycles. The molecule has 0 radical (unpaired) electrons. The van der Waals surface area contributed by atoms with Crippen LogP contribution >= 0.6 is 0 Å². The van der Waals surface area contributed by atoms with Gasteiger partial charge in [-0.15, -0.1) is 5.10 Å². The van der Waals surface area contributed by atoms with Crippen molar-refractivity contribution >= 4 is 6.40 Å². The molecule has 40 valence electrons. The van der Waals surface area contributed by atoms with E-state index in [4.69, 9.17) is 4.74 Å². The van der Waals surface area contributed by atoms with Gasteiger partial charge >= 0.3 is 0 Å². The van der Waals surface area contributed by atoms with E-state index in [-0.39, 0.29) is 0 Å². The SMILES string of the molecule is CCN1COC=N1. The highest BCUT2D eigenvalue weighted by molar-refractivity contribution is 5.46. The van der Waals surface area contributed by atoms with Gasteiger partial charge in [-0.25, -0.2) is 0 Å². The second kappa shape index (κ2) is 1.82. The van der Waals surface area contributed by atoms with E-state index in [2.05, 4.69) is 5.10 Å². The van der Waals surface area contributed by atoms with E-state index in [1.165, 1.54) is 6.40 Å². The van der Waals surface area contributed by atoms with Crippen LogP contribution in [0, 0.1) is 0 Å². The summed E-state index contributed by atoms with van der Waals surface area (Å²) in [5.74, 6) is 0. The number of ether oxygens (including phenoxy) is 1. The number of rotatable bonds is 1. The number of hydrogen-bond acceptors (Lipinski definition) is 3. The Kier molecular flexibility index (Phi) is 1.15. The van der Waals surface area contributed by atoms with Crippen molar-refractivity contribution in [3.8, 4) is 0 Å². The Hall–Kier alpha value is -0.730. The van der Waals surface area contributed by atoms with Gasteiger partial charge in [-0.1, -0.05) is 0 Å². The summed E-state index contributed by atoms with van der Waals surface area (Å²) in [5, 5.41) is 5.67. The maximum absolute atomic E-state index is 4.78. The lowest BCUT2D eigenvalue weighted by Gasteiger charge is -2.04. The monoisotopic (exact) mass is 100 g/mol. The second-order valence-electron chi connectivity index (χ2n) is 1.34. The van der Waals surface area contributed by atoms with Crippen LogP contribution in [0.25, 0.3) is 0 Å². The third-order valence-corrected chi connectivity index (χ3v) is 0.874. The Morgan fingerprint density at radius 2 is 2.86 bits per heavy atom. The van der Waals surface area contributed by atoms with Crippen molar-refractivity contribution in [2.75, 3.05) is 13.3 Å². The van der Waals surface area contributed by atoms with Gasteiger partial charge in [0.05, 0.1) is 0 Å². The average molecular weight is 100 g/mol. The average Bonchev–Trinajstić information content (AvgIpc) is 2.14. The van der Waals surface area contributed by atoms with Crippen molar-refractivity contribution < 1.29 is 4.74 Å². The van der Waals surface area contributed by atoms with Gasteiger partial charge in [-0.05, 0) is 6.92 Å². The molecule has 0 amide bonds. The summed E-state index contributed by atoms with van der Waals surface area (Å²) >= 11 is 0. The van der Waals surface area contributed by atoms with Crippen molar-refractivity contribution in [3.63, 3.8) is 0 Å². The van der Waals surface area contributed by atoms with Crippen LogP contribution in [0.4, 0.5) is 0 Å². The molecule has 0 fully saturated rings. The minimum Gasteiger partial charge on any atom is -0.460 e. The molecule has 0 aromatic heterocycles. The Labute approximate surface area is 42.6 Å². The van der Waals surface area contributed by atoms with E-state index in [0.717, 1.165) is 6.54 Å². The van der Waals surface area contributed by atoms with Crippen LogP contribution in [0.5, 0.6) is 0 Å². The van der Waals surface area contributed by atoms with Gasteiger partial charge in [-0.2, -0.15) is 0 Å². The molecular weight excluding hydrogens is 92.1 g/mol. The third kappa shape index (κ3) is 0.824. The normalized spacial score (nSPS) is 17.6. The van der Waals surface area contributed by atoms with Gasteiger partial charge in [0.15, 0.2) is 13.1 Å². The van der Waals surface area contributed by atoms with E-state index >= 15 is 0 Å². The van der Waals surface area contributed by atoms with E-state index in [1.54, 1.807) is 0 Å². The zero-order chi connectivity index (χ0) is 5.11. The van der Waals surface area contributed by atoms with Crippen molar-refractivity contribution in [1.29, 1.82) is 0 Å². The molecule has 3 heteroatoms. The van der Waals surface area contributed by atoms with Crippen LogP contribution in [-0.4, -0.2) is 24.7 Å². The molecule has 0 unspecified atom stereocenters. The summed E-state index contributed by atoms with van der Waals surface area (Å²) in [7, 11) is 0. The van der Waals surface area contributed by atoms with Gasteiger partial charge < -0.3 is 4.74 Å². The first-order valence-corrected chi connectivity index (χ1v) is 2.32. The fourth-order valence-corrected chi connectivity index (χ4v) is 0.426. The van der Waals surface area contributed by atoms with Gasteiger partial charge in [-0.3, -0.25) is 5.01 Å². The van der Waals surface area contributed by atoms with Crippen molar-refractivity contribution in [2.24, 2.45) is 5.10 Å². The molecule has 0 spiro atoms. The molecule has 1 rings (SSSR count). The van der Waals surface area contributed by atoms with Crippen LogP contribution in [0.3, 0.4) is 0 Å². The van der Waals surface area contributed by atoms with Crippen LogP contribution in [-0.2, 0) is 4.74 Å². The maximum atomic E-state index is 4.78. The lowest BCUT2D eigenvalue weighted by molar-refractivity contribution is 0.179. The summed E-state index contributed by atoms with van der Waals surface area (Å²) in [4.78, 5) is 0. The van der Waals surface area contributed by atoms with Gasteiger partial charge in [0.2, 0.25) is 0 Å². The molecule has 0 aromatic rings. The quantitative estimate of drug-likeness (QED) is 0.471. The molecule has 0 saturated heterocycles. The van der Waals surface area contributed by atoms with E-state index in [1.807, 2.05) is 11.9 Å². The Bertz CT molecular complexity index is 81.8. The molecule has 3 nitrogen and oxygen atoms in total. The third-order valence-electron chi connectivity index (χ3n) is 0.874. The molecule has 0 aromatic carbocycles. The van der Waals surface area contributed by atoms with Crippen LogP contribution in [0.2, 0.25) is 0 Å². The van der Waals surface area contributed by atoms with Crippen LogP contribution < -0.4 is 0 Å². The highest BCUT2D eigenvalue weighted by Gasteiger charge is 1.99. The summed E-state index contributed by atoms with van der Waals surface area (Å²) < 4.78 is 4.78. The van der Waals surface area contributed by atoms with Crippen molar-refractivity contribution in [2.45, 2.75) is 6.92 Å². The number of hydrogen-bond donors (Lipinski definition) is 0. The minimum absolute atomic E-state index is 0.622. The summed E-state index contributed by atoms with van der Waals surface area (Å²) in [5.41, 5.74) is 0. The summed E-state index contributed by atoms with van der Waals surface area (Å²) in [6.07, 6.45) is 1.46. The molecule has 0 bridgehead atoms. The lowest BCUT2D eigenvalue weighted by atomic mass is 10.7. The summed E-state index contributed by atoms with van der Waals surface area (Å²) in [6, 6.07) is 0. The Balaban J connectivity index is 2.28. The van der Waals surface area contributed by atoms with E-state index in [0.29, 0.717) is 6.73 Å². The highest BCUT2D eigenvalue weighted by atomic mass is 16.5.